The minimum absolute atomic E-state index is 1.10. The van der Waals surface area contributed by atoms with E-state index in [0.717, 1.165) is 5.92 Å². The number of hydrogen-bond acceptors (Lipinski definition) is 0. The maximum absolute atomic E-state index is 2.54. The molecule has 2 saturated carbocycles. The van der Waals surface area contributed by atoms with Crippen LogP contribution < -0.4 is 0 Å². The second kappa shape index (κ2) is 2.40. The molecule has 2 atom stereocenters. The predicted molar refractivity (Wildman–Crippen MR) is 47.8 cm³/mol. The Hall–Kier alpha value is 0.730. The highest BCUT2D eigenvalue weighted by Gasteiger charge is 2.39. The van der Waals surface area contributed by atoms with Crippen molar-refractivity contribution in [3.05, 3.63) is 0 Å². The molecule has 0 aromatic heterocycles. The van der Waals surface area contributed by atoms with E-state index in [2.05, 4.69) is 22.6 Å². The van der Waals surface area contributed by atoms with Crippen molar-refractivity contribution >= 4 is 22.6 Å². The summed E-state index contributed by atoms with van der Waals surface area (Å²) >= 11 is 2.54. The third-order valence-electron chi connectivity index (χ3n) is 3.07. The van der Waals surface area contributed by atoms with Crippen LogP contribution in [0.2, 0.25) is 0 Å². The molecule has 0 spiro atoms. The van der Waals surface area contributed by atoms with Gasteiger partial charge in [0.2, 0.25) is 0 Å². The zero-order valence-corrected chi connectivity index (χ0v) is 7.80. The molecule has 2 unspecified atom stereocenters. The molecule has 0 radical (unpaired) electrons. The van der Waals surface area contributed by atoms with Gasteiger partial charge in [0.25, 0.3) is 0 Å². The second-order valence-electron chi connectivity index (χ2n) is 3.59. The fourth-order valence-corrected chi connectivity index (χ4v) is 3.06. The minimum Gasteiger partial charge on any atom is -0.0861 e. The van der Waals surface area contributed by atoms with Crippen molar-refractivity contribution in [3.63, 3.8) is 0 Å². The van der Waals surface area contributed by atoms with Gasteiger partial charge in [-0.15, -0.1) is 0 Å². The van der Waals surface area contributed by atoms with Gasteiger partial charge >= 0.3 is 0 Å². The second-order valence-corrected chi connectivity index (χ2v) is 4.47. The fraction of sp³-hybridized carbons (Fsp3) is 1.00. The van der Waals surface area contributed by atoms with Crippen molar-refractivity contribution in [1.29, 1.82) is 0 Å². The van der Waals surface area contributed by atoms with Gasteiger partial charge in [-0.3, -0.25) is 0 Å². The molecule has 0 bridgehead atoms. The van der Waals surface area contributed by atoms with Gasteiger partial charge in [0.15, 0.2) is 0 Å². The minimum atomic E-state index is 1.10. The van der Waals surface area contributed by atoms with Crippen LogP contribution in [-0.4, -0.2) is 4.43 Å². The van der Waals surface area contributed by atoms with Gasteiger partial charge in [0.05, 0.1) is 0 Å². The van der Waals surface area contributed by atoms with E-state index in [9.17, 15) is 0 Å². The summed E-state index contributed by atoms with van der Waals surface area (Å²) in [6.07, 6.45) is 6.23. The van der Waals surface area contributed by atoms with Crippen LogP contribution in [-0.2, 0) is 0 Å². The lowest BCUT2D eigenvalue weighted by atomic mass is 9.77. The van der Waals surface area contributed by atoms with E-state index in [4.69, 9.17) is 0 Å². The van der Waals surface area contributed by atoms with E-state index in [1.54, 1.807) is 25.7 Å². The molecule has 2 aliphatic carbocycles. The Morgan fingerprint density at radius 3 is 2.00 bits per heavy atom. The van der Waals surface area contributed by atoms with Gasteiger partial charge in [0, 0.05) is 4.43 Å². The third kappa shape index (κ3) is 1.02. The SMILES string of the molecule is ICC1CC2CCC2C1. The largest absolute Gasteiger partial charge is 0.0861 e. The van der Waals surface area contributed by atoms with Crippen LogP contribution in [0.4, 0.5) is 0 Å². The number of alkyl halides is 1. The molecule has 52 valence electrons. The van der Waals surface area contributed by atoms with Crippen molar-refractivity contribution in [2.24, 2.45) is 17.8 Å². The summed E-state index contributed by atoms with van der Waals surface area (Å²) in [5.41, 5.74) is 0. The van der Waals surface area contributed by atoms with Crippen LogP contribution in [0, 0.1) is 17.8 Å². The maximum atomic E-state index is 2.54. The lowest BCUT2D eigenvalue weighted by Gasteiger charge is -2.29. The molecule has 2 aliphatic rings. The van der Waals surface area contributed by atoms with Crippen LogP contribution in [0.1, 0.15) is 25.7 Å². The molecule has 9 heavy (non-hydrogen) atoms. The Kier molecular flexibility index (Phi) is 1.72. The summed E-state index contributed by atoms with van der Waals surface area (Å²) in [7, 11) is 0. The average Bonchev–Trinajstić information content (AvgIpc) is 2.10. The topological polar surface area (TPSA) is 0 Å². The average molecular weight is 236 g/mol. The van der Waals surface area contributed by atoms with E-state index >= 15 is 0 Å². The Bertz CT molecular complexity index is 99.1. The maximum Gasteiger partial charge on any atom is 0.00239 e. The molecular weight excluding hydrogens is 223 g/mol. The van der Waals surface area contributed by atoms with E-state index in [-0.39, 0.29) is 0 Å². The van der Waals surface area contributed by atoms with Crippen LogP contribution >= 0.6 is 22.6 Å². The van der Waals surface area contributed by atoms with Crippen molar-refractivity contribution in [2.45, 2.75) is 25.7 Å². The lowest BCUT2D eigenvalue weighted by molar-refractivity contribution is 0.219. The molecule has 0 aliphatic heterocycles. The Morgan fingerprint density at radius 2 is 1.67 bits per heavy atom. The van der Waals surface area contributed by atoms with Crippen molar-refractivity contribution in [3.8, 4) is 0 Å². The van der Waals surface area contributed by atoms with Gasteiger partial charge in [-0.05, 0) is 43.4 Å². The van der Waals surface area contributed by atoms with Gasteiger partial charge in [-0.1, -0.05) is 22.6 Å². The van der Waals surface area contributed by atoms with Crippen LogP contribution in [0.3, 0.4) is 0 Å². The molecule has 0 aromatic carbocycles. The molecule has 1 heteroatoms. The molecule has 0 saturated heterocycles. The first-order valence-electron chi connectivity index (χ1n) is 3.96. The van der Waals surface area contributed by atoms with E-state index < -0.39 is 0 Å². The van der Waals surface area contributed by atoms with E-state index in [1.165, 1.54) is 16.3 Å². The summed E-state index contributed by atoms with van der Waals surface area (Å²) < 4.78 is 1.41. The summed E-state index contributed by atoms with van der Waals surface area (Å²) in [6, 6.07) is 0. The molecule has 0 N–H and O–H groups in total. The highest BCUT2D eigenvalue weighted by atomic mass is 127. The Balaban J connectivity index is 1.91. The Labute approximate surface area is 70.5 Å². The first kappa shape index (κ1) is 6.44. The van der Waals surface area contributed by atoms with Crippen molar-refractivity contribution in [1.82, 2.24) is 0 Å². The molecule has 0 aromatic rings. The predicted octanol–water partition coefficient (Wildman–Crippen LogP) is 2.86. The summed E-state index contributed by atoms with van der Waals surface area (Å²) in [6.45, 7) is 0. The number of halogens is 1. The third-order valence-corrected chi connectivity index (χ3v) is 4.31. The normalized spacial score (nSPS) is 48.3. The van der Waals surface area contributed by atoms with Gasteiger partial charge in [-0.2, -0.15) is 0 Å². The molecular formula is C8H13I. The summed E-state index contributed by atoms with van der Waals surface area (Å²) in [5, 5.41) is 0. The highest BCUT2D eigenvalue weighted by Crippen LogP contribution is 2.49. The fourth-order valence-electron chi connectivity index (χ4n) is 2.34. The molecule has 0 heterocycles. The van der Waals surface area contributed by atoms with Crippen LogP contribution in [0.15, 0.2) is 0 Å². The monoisotopic (exact) mass is 236 g/mol. The van der Waals surface area contributed by atoms with Crippen LogP contribution in [0.25, 0.3) is 0 Å². The quantitative estimate of drug-likeness (QED) is 0.485. The smallest absolute Gasteiger partial charge is 0.00239 e. The number of hydrogen-bond donors (Lipinski definition) is 0. The van der Waals surface area contributed by atoms with Gasteiger partial charge in [0.1, 0.15) is 0 Å². The summed E-state index contributed by atoms with van der Waals surface area (Å²) in [5.74, 6) is 3.44. The zero-order valence-electron chi connectivity index (χ0n) is 5.65. The number of rotatable bonds is 1. The van der Waals surface area contributed by atoms with E-state index in [0.29, 0.717) is 0 Å². The van der Waals surface area contributed by atoms with Crippen molar-refractivity contribution in [2.75, 3.05) is 4.43 Å². The lowest BCUT2D eigenvalue weighted by Crippen LogP contribution is -2.18. The standard InChI is InChI=1S/C8H13I/c9-5-6-3-7-1-2-8(7)4-6/h6-8H,1-5H2. The zero-order chi connectivity index (χ0) is 6.27. The molecule has 0 nitrogen and oxygen atoms in total. The van der Waals surface area contributed by atoms with E-state index in [1.807, 2.05) is 0 Å². The van der Waals surface area contributed by atoms with Gasteiger partial charge in [-0.25, -0.2) is 0 Å². The molecule has 2 rings (SSSR count). The number of fused-ring (bicyclic) bond motifs is 1. The van der Waals surface area contributed by atoms with Crippen molar-refractivity contribution < 1.29 is 0 Å². The van der Waals surface area contributed by atoms with Gasteiger partial charge < -0.3 is 0 Å². The first-order chi connectivity index (χ1) is 4.40. The summed E-state index contributed by atoms with van der Waals surface area (Å²) in [4.78, 5) is 0. The Morgan fingerprint density at radius 1 is 1.11 bits per heavy atom. The first-order valence-corrected chi connectivity index (χ1v) is 5.48. The molecule has 0 amide bonds. The van der Waals surface area contributed by atoms with Crippen LogP contribution in [0.5, 0.6) is 0 Å². The molecule has 2 fully saturated rings. The highest BCUT2D eigenvalue weighted by molar-refractivity contribution is 14.1.